The summed E-state index contributed by atoms with van der Waals surface area (Å²) in [5, 5.41) is 82.3. The molecule has 2 saturated heterocycles. The number of aliphatic imine (C=N–C) groups is 1. The van der Waals surface area contributed by atoms with Crippen LogP contribution in [-0.4, -0.2) is 140 Å². The lowest BCUT2D eigenvalue weighted by Crippen LogP contribution is -2.67. The van der Waals surface area contributed by atoms with Crippen molar-refractivity contribution in [2.75, 3.05) is 26.3 Å². The average Bonchev–Trinajstić information content (AvgIpc) is 2.78. The fourth-order valence-electron chi connectivity index (χ4n) is 3.59. The predicted octanol–water partition coefficient (Wildman–Crippen LogP) is -6.29. The van der Waals surface area contributed by atoms with Crippen molar-refractivity contribution >= 4 is 11.9 Å². The largest absolute Gasteiger partial charge is 0.480 e. The first kappa shape index (κ1) is 28.5. The van der Waals surface area contributed by atoms with Crippen LogP contribution in [0.25, 0.3) is 0 Å². The maximum atomic E-state index is 11.5. The highest BCUT2D eigenvalue weighted by atomic mass is 16.7. The first-order valence-electron chi connectivity index (χ1n) is 10.6. The number of rotatable bonds is 11. The van der Waals surface area contributed by atoms with Gasteiger partial charge in [0, 0.05) is 6.54 Å². The molecule has 0 saturated carbocycles. The predicted molar refractivity (Wildman–Crippen MR) is 111 cm³/mol. The van der Waals surface area contributed by atoms with E-state index in [1.807, 2.05) is 0 Å². The van der Waals surface area contributed by atoms with Gasteiger partial charge in [0.25, 0.3) is 0 Å². The Morgan fingerprint density at radius 3 is 2.41 bits per heavy atom. The highest BCUT2D eigenvalue weighted by Gasteiger charge is 2.52. The number of nitrogens with two attached hydrogens (primary N) is 2. The molecule has 0 radical (unpaired) electrons. The van der Waals surface area contributed by atoms with Crippen molar-refractivity contribution in [1.82, 2.24) is 5.32 Å². The van der Waals surface area contributed by atoms with E-state index >= 15 is 0 Å². The Morgan fingerprint density at radius 1 is 1.15 bits per heavy atom. The number of carboxylic acid groups (broad SMARTS) is 1. The topological polar surface area (TPSA) is 283 Å². The summed E-state index contributed by atoms with van der Waals surface area (Å²) in [6.07, 6.45) is -12.7. The lowest BCUT2D eigenvalue weighted by atomic mass is 9.95. The SMILES string of the molecule is NC(N)=NCCCC(NCC1(O)OCC(OC2OC(CO)C(O)C(O)C2O)C(O)C1O)C(=O)O. The van der Waals surface area contributed by atoms with Gasteiger partial charge in [0.1, 0.15) is 48.8 Å². The second kappa shape index (κ2) is 12.3. The van der Waals surface area contributed by atoms with E-state index < -0.39 is 86.6 Å². The van der Waals surface area contributed by atoms with Crippen LogP contribution in [-0.2, 0) is 19.0 Å². The Morgan fingerprint density at radius 2 is 1.82 bits per heavy atom. The number of carbonyl (C=O) groups is 1. The Labute approximate surface area is 194 Å². The smallest absolute Gasteiger partial charge is 0.320 e. The summed E-state index contributed by atoms with van der Waals surface area (Å²) in [6.45, 7) is -1.60. The van der Waals surface area contributed by atoms with E-state index in [2.05, 4.69) is 10.3 Å². The van der Waals surface area contributed by atoms with Gasteiger partial charge in [0.2, 0.25) is 5.79 Å². The van der Waals surface area contributed by atoms with Crippen molar-refractivity contribution in [3.8, 4) is 0 Å². The van der Waals surface area contributed by atoms with Crippen LogP contribution in [0.15, 0.2) is 4.99 Å². The standard InChI is InChI=1S/C18H34N4O12/c19-17(20)21-3-1-2-7(15(29)30)22-6-18(31)14(28)11(25)9(5-32-18)34-16-13(27)12(26)10(24)8(4-23)33-16/h7-14,16,22-28,31H,1-6H2,(H,29,30)(H4,19,20,21). The third-order valence-electron chi connectivity index (χ3n) is 5.67. The van der Waals surface area contributed by atoms with Crippen molar-refractivity contribution in [2.45, 2.75) is 73.7 Å². The van der Waals surface area contributed by atoms with Crippen molar-refractivity contribution in [2.24, 2.45) is 16.5 Å². The van der Waals surface area contributed by atoms with Crippen LogP contribution in [0.1, 0.15) is 12.8 Å². The van der Waals surface area contributed by atoms with E-state index in [1.165, 1.54) is 0 Å². The maximum absolute atomic E-state index is 11.5. The molecule has 0 aromatic heterocycles. The Bertz CT molecular complexity index is 696. The summed E-state index contributed by atoms with van der Waals surface area (Å²) in [7, 11) is 0. The lowest BCUT2D eigenvalue weighted by molar-refractivity contribution is -0.361. The number of carboxylic acids is 1. The summed E-state index contributed by atoms with van der Waals surface area (Å²) >= 11 is 0. The molecule has 2 rings (SSSR count). The third kappa shape index (κ3) is 6.92. The van der Waals surface area contributed by atoms with Crippen molar-refractivity contribution < 1.29 is 59.9 Å². The van der Waals surface area contributed by atoms with E-state index in [1.54, 1.807) is 0 Å². The van der Waals surface area contributed by atoms with E-state index in [9.17, 15) is 45.6 Å². The molecule has 10 atom stereocenters. The molecule has 2 fully saturated rings. The number of nitrogens with zero attached hydrogens (tertiary/aromatic N) is 1. The second-order valence-corrected chi connectivity index (χ2v) is 8.18. The molecule has 2 aliphatic heterocycles. The fourth-order valence-corrected chi connectivity index (χ4v) is 3.59. The summed E-state index contributed by atoms with van der Waals surface area (Å²) in [6, 6.07) is -1.14. The number of aliphatic carboxylic acids is 1. The van der Waals surface area contributed by atoms with Crippen molar-refractivity contribution in [1.29, 1.82) is 0 Å². The highest BCUT2D eigenvalue weighted by Crippen LogP contribution is 2.29. The zero-order chi connectivity index (χ0) is 25.6. The molecule has 0 spiro atoms. The van der Waals surface area contributed by atoms with E-state index in [-0.39, 0.29) is 18.9 Å². The van der Waals surface area contributed by atoms with Gasteiger partial charge >= 0.3 is 5.97 Å². The van der Waals surface area contributed by atoms with Gasteiger partial charge in [-0.15, -0.1) is 0 Å². The monoisotopic (exact) mass is 498 g/mol. The minimum atomic E-state index is -2.39. The number of hydrogen-bond acceptors (Lipinski definition) is 13. The van der Waals surface area contributed by atoms with E-state index in [4.69, 9.17) is 25.7 Å². The molecular formula is C18H34N4O12. The number of aliphatic hydroxyl groups is 7. The summed E-state index contributed by atoms with van der Waals surface area (Å²) < 4.78 is 15.8. The molecular weight excluding hydrogens is 464 g/mol. The molecule has 0 aromatic rings. The Balaban J connectivity index is 1.94. The number of aliphatic hydroxyl groups excluding tert-OH is 6. The van der Waals surface area contributed by atoms with Crippen LogP contribution in [0, 0.1) is 0 Å². The van der Waals surface area contributed by atoms with Crippen molar-refractivity contribution in [3.63, 3.8) is 0 Å². The molecule has 0 aliphatic carbocycles. The normalized spacial score (nSPS) is 39.4. The molecule has 10 unspecified atom stereocenters. The minimum absolute atomic E-state index is 0.0870. The molecule has 2 aliphatic rings. The van der Waals surface area contributed by atoms with Crippen LogP contribution in [0.2, 0.25) is 0 Å². The first-order valence-corrected chi connectivity index (χ1v) is 10.6. The number of guanidine groups is 1. The van der Waals surface area contributed by atoms with Gasteiger partial charge in [-0.05, 0) is 12.8 Å². The van der Waals surface area contributed by atoms with Crippen LogP contribution in [0.3, 0.4) is 0 Å². The maximum Gasteiger partial charge on any atom is 0.320 e. The van der Waals surface area contributed by atoms with Gasteiger partial charge in [0.15, 0.2) is 12.2 Å². The molecule has 0 aromatic carbocycles. The molecule has 16 heteroatoms. The van der Waals surface area contributed by atoms with Gasteiger partial charge in [-0.1, -0.05) is 0 Å². The number of ether oxygens (including phenoxy) is 3. The summed E-state index contributed by atoms with van der Waals surface area (Å²) in [4.78, 5) is 15.2. The molecule has 2 heterocycles. The summed E-state index contributed by atoms with van der Waals surface area (Å²) in [5.41, 5.74) is 10.4. The molecule has 34 heavy (non-hydrogen) atoms. The Kier molecular flexibility index (Phi) is 10.3. The van der Waals surface area contributed by atoms with E-state index in [0.717, 1.165) is 0 Å². The van der Waals surface area contributed by atoms with Gasteiger partial charge in [-0.3, -0.25) is 15.1 Å². The molecule has 16 nitrogen and oxygen atoms in total. The Hall–Kier alpha value is -1.70. The van der Waals surface area contributed by atoms with Gasteiger partial charge in [0.05, 0.1) is 19.8 Å². The zero-order valence-corrected chi connectivity index (χ0v) is 18.3. The van der Waals surface area contributed by atoms with Crippen LogP contribution < -0.4 is 16.8 Å². The zero-order valence-electron chi connectivity index (χ0n) is 18.3. The second-order valence-electron chi connectivity index (χ2n) is 8.18. The number of nitrogens with one attached hydrogen (secondary N) is 1. The van der Waals surface area contributed by atoms with Crippen LogP contribution in [0.4, 0.5) is 0 Å². The van der Waals surface area contributed by atoms with Gasteiger partial charge in [-0.2, -0.15) is 0 Å². The summed E-state index contributed by atoms with van der Waals surface area (Å²) in [5.74, 6) is -3.76. The third-order valence-corrected chi connectivity index (χ3v) is 5.67. The minimum Gasteiger partial charge on any atom is -0.480 e. The van der Waals surface area contributed by atoms with Crippen LogP contribution in [0.5, 0.6) is 0 Å². The highest BCUT2D eigenvalue weighted by molar-refractivity contribution is 5.75. The molecule has 0 bridgehead atoms. The van der Waals surface area contributed by atoms with Crippen LogP contribution >= 0.6 is 0 Å². The quantitative estimate of drug-likeness (QED) is 0.0717. The molecule has 13 N–H and O–H groups in total. The van der Waals surface area contributed by atoms with Gasteiger partial charge < -0.3 is 66.5 Å². The molecule has 198 valence electrons. The number of hydrogen-bond donors (Lipinski definition) is 11. The first-order chi connectivity index (χ1) is 15.9. The fraction of sp³-hybridized carbons (Fsp3) is 0.889. The van der Waals surface area contributed by atoms with Gasteiger partial charge in [-0.25, -0.2) is 0 Å². The average molecular weight is 498 g/mol. The molecule has 0 amide bonds. The van der Waals surface area contributed by atoms with E-state index in [0.29, 0.717) is 6.42 Å². The lowest BCUT2D eigenvalue weighted by Gasteiger charge is -2.46. The van der Waals surface area contributed by atoms with Crippen molar-refractivity contribution in [3.05, 3.63) is 0 Å².